The third-order valence-electron chi connectivity index (χ3n) is 2.59. The molecule has 0 unspecified atom stereocenters. The fourth-order valence-corrected chi connectivity index (χ4v) is 1.69. The minimum Gasteiger partial charge on any atom is -0.377 e. The molecule has 17 heavy (non-hydrogen) atoms. The van der Waals surface area contributed by atoms with Gasteiger partial charge in [-0.05, 0) is 30.0 Å². The number of nitrogens with zero attached hydrogens (tertiary/aromatic N) is 1. The summed E-state index contributed by atoms with van der Waals surface area (Å²) in [5.74, 6) is 0. The second kappa shape index (κ2) is 6.81. The highest BCUT2D eigenvalue weighted by Gasteiger charge is 1.94. The molecule has 0 fully saturated rings. The Labute approximate surface area is 102 Å². The molecule has 88 valence electrons. The first-order chi connectivity index (χ1) is 8.45. The maximum absolute atomic E-state index is 5.62. The van der Waals surface area contributed by atoms with Crippen molar-refractivity contribution in [2.45, 2.75) is 19.4 Å². The van der Waals surface area contributed by atoms with Gasteiger partial charge in [-0.3, -0.25) is 4.98 Å². The van der Waals surface area contributed by atoms with Crippen molar-refractivity contribution >= 4 is 0 Å². The van der Waals surface area contributed by atoms with E-state index in [2.05, 4.69) is 23.2 Å². The number of aromatic nitrogens is 1. The molecule has 1 aromatic heterocycles. The highest BCUT2D eigenvalue weighted by Crippen LogP contribution is 2.03. The van der Waals surface area contributed by atoms with Gasteiger partial charge in [0, 0.05) is 19.0 Å². The molecule has 0 N–H and O–H groups in total. The van der Waals surface area contributed by atoms with E-state index in [4.69, 9.17) is 4.74 Å². The van der Waals surface area contributed by atoms with Gasteiger partial charge in [0.2, 0.25) is 0 Å². The second-order valence-corrected chi connectivity index (χ2v) is 4.00. The van der Waals surface area contributed by atoms with E-state index in [9.17, 15) is 0 Å². The number of hydrogen-bond donors (Lipinski definition) is 0. The highest BCUT2D eigenvalue weighted by atomic mass is 16.5. The van der Waals surface area contributed by atoms with Gasteiger partial charge < -0.3 is 4.74 Å². The third kappa shape index (κ3) is 4.37. The van der Waals surface area contributed by atoms with E-state index >= 15 is 0 Å². The van der Waals surface area contributed by atoms with Gasteiger partial charge in [-0.2, -0.15) is 0 Å². The van der Waals surface area contributed by atoms with Crippen molar-refractivity contribution in [2.75, 3.05) is 6.61 Å². The quantitative estimate of drug-likeness (QED) is 0.707. The molecule has 0 saturated carbocycles. The first-order valence-electron chi connectivity index (χ1n) is 5.96. The zero-order valence-electron chi connectivity index (χ0n) is 9.88. The van der Waals surface area contributed by atoms with Crippen molar-refractivity contribution < 1.29 is 4.74 Å². The van der Waals surface area contributed by atoms with Crippen molar-refractivity contribution in [3.63, 3.8) is 0 Å². The predicted octanol–water partition coefficient (Wildman–Crippen LogP) is 3.23. The molecule has 0 aliphatic heterocycles. The third-order valence-corrected chi connectivity index (χ3v) is 2.59. The van der Waals surface area contributed by atoms with E-state index in [1.807, 2.05) is 30.5 Å². The van der Waals surface area contributed by atoms with Crippen LogP contribution in [0.4, 0.5) is 0 Å². The van der Waals surface area contributed by atoms with E-state index in [1.54, 1.807) is 6.20 Å². The smallest absolute Gasteiger partial charge is 0.0716 e. The summed E-state index contributed by atoms with van der Waals surface area (Å²) >= 11 is 0. The molecule has 1 aromatic carbocycles. The molecule has 0 amide bonds. The van der Waals surface area contributed by atoms with Gasteiger partial charge in [-0.1, -0.05) is 36.4 Å². The molecule has 0 bridgehead atoms. The molecule has 0 atom stereocenters. The average molecular weight is 227 g/mol. The van der Waals surface area contributed by atoms with E-state index in [0.29, 0.717) is 6.61 Å². The lowest BCUT2D eigenvalue weighted by atomic mass is 10.2. The Bertz CT molecular complexity index is 372. The lowest BCUT2D eigenvalue weighted by Crippen LogP contribution is -1.97. The molecule has 0 saturated heterocycles. The van der Waals surface area contributed by atoms with Gasteiger partial charge in [0.15, 0.2) is 0 Å². The summed E-state index contributed by atoms with van der Waals surface area (Å²) < 4.78 is 5.62. The number of rotatable bonds is 6. The Kier molecular flexibility index (Phi) is 4.73. The fourth-order valence-electron chi connectivity index (χ4n) is 1.69. The van der Waals surface area contributed by atoms with Crippen LogP contribution in [0.3, 0.4) is 0 Å². The second-order valence-electron chi connectivity index (χ2n) is 4.00. The normalized spacial score (nSPS) is 10.4. The molecule has 2 nitrogen and oxygen atoms in total. The van der Waals surface area contributed by atoms with Gasteiger partial charge >= 0.3 is 0 Å². The zero-order chi connectivity index (χ0) is 11.8. The predicted molar refractivity (Wildman–Crippen MR) is 68.7 cm³/mol. The maximum Gasteiger partial charge on any atom is 0.0716 e. The lowest BCUT2D eigenvalue weighted by molar-refractivity contribution is 0.118. The summed E-state index contributed by atoms with van der Waals surface area (Å²) in [5, 5.41) is 0. The van der Waals surface area contributed by atoms with Crippen molar-refractivity contribution in [2.24, 2.45) is 0 Å². The molecular weight excluding hydrogens is 210 g/mol. The van der Waals surface area contributed by atoms with Gasteiger partial charge in [0.05, 0.1) is 6.61 Å². The molecule has 2 rings (SSSR count). The van der Waals surface area contributed by atoms with Gasteiger partial charge in [0.25, 0.3) is 0 Å². The largest absolute Gasteiger partial charge is 0.377 e. The molecule has 0 aliphatic rings. The Morgan fingerprint density at radius 3 is 2.53 bits per heavy atom. The van der Waals surface area contributed by atoms with Crippen LogP contribution in [0.5, 0.6) is 0 Å². The summed E-state index contributed by atoms with van der Waals surface area (Å²) in [6, 6.07) is 14.3. The molecule has 0 aliphatic carbocycles. The lowest BCUT2D eigenvalue weighted by Gasteiger charge is -2.04. The number of pyridine rings is 1. The molecule has 0 radical (unpaired) electrons. The van der Waals surface area contributed by atoms with E-state index < -0.39 is 0 Å². The zero-order valence-corrected chi connectivity index (χ0v) is 9.88. The molecule has 1 heterocycles. The minimum atomic E-state index is 0.702. The van der Waals surface area contributed by atoms with Crippen molar-refractivity contribution in [3.05, 3.63) is 66.0 Å². The summed E-state index contributed by atoms with van der Waals surface area (Å²) in [4.78, 5) is 4.09. The van der Waals surface area contributed by atoms with Crippen LogP contribution in [0, 0.1) is 0 Å². The fraction of sp³-hybridized carbons (Fsp3) is 0.267. The summed E-state index contributed by atoms with van der Waals surface area (Å²) in [6.07, 6.45) is 5.79. The van der Waals surface area contributed by atoms with E-state index in [1.165, 1.54) is 11.1 Å². The van der Waals surface area contributed by atoms with Crippen LogP contribution < -0.4 is 0 Å². The number of aryl methyl sites for hydroxylation is 1. The summed E-state index contributed by atoms with van der Waals surface area (Å²) in [5.41, 5.74) is 2.50. The topological polar surface area (TPSA) is 22.1 Å². The molecule has 2 heteroatoms. The highest BCUT2D eigenvalue weighted by molar-refractivity contribution is 5.13. The maximum atomic E-state index is 5.62. The summed E-state index contributed by atoms with van der Waals surface area (Å²) in [7, 11) is 0. The Hall–Kier alpha value is -1.67. The number of ether oxygens (including phenoxy) is 1. The van der Waals surface area contributed by atoms with E-state index in [0.717, 1.165) is 19.4 Å². The molecule has 0 spiro atoms. The SMILES string of the molecule is c1ccc(COCCCc2cccnc2)cc1. The average Bonchev–Trinajstić information content (AvgIpc) is 2.41. The monoisotopic (exact) mass is 227 g/mol. The Balaban J connectivity index is 1.61. The van der Waals surface area contributed by atoms with Gasteiger partial charge in [-0.25, -0.2) is 0 Å². The van der Waals surface area contributed by atoms with Crippen LogP contribution in [0.2, 0.25) is 0 Å². The van der Waals surface area contributed by atoms with Crippen LogP contribution in [-0.2, 0) is 17.8 Å². The van der Waals surface area contributed by atoms with Crippen LogP contribution >= 0.6 is 0 Å². The van der Waals surface area contributed by atoms with Crippen LogP contribution in [0.25, 0.3) is 0 Å². The number of hydrogen-bond acceptors (Lipinski definition) is 2. The van der Waals surface area contributed by atoms with Crippen LogP contribution in [0.15, 0.2) is 54.9 Å². The minimum absolute atomic E-state index is 0.702. The van der Waals surface area contributed by atoms with Crippen LogP contribution in [0.1, 0.15) is 17.5 Å². The van der Waals surface area contributed by atoms with Crippen LogP contribution in [-0.4, -0.2) is 11.6 Å². The first kappa shape index (κ1) is 11.8. The van der Waals surface area contributed by atoms with Crippen molar-refractivity contribution in [1.82, 2.24) is 4.98 Å². The van der Waals surface area contributed by atoms with Gasteiger partial charge in [-0.15, -0.1) is 0 Å². The Morgan fingerprint density at radius 2 is 1.76 bits per heavy atom. The molecule has 2 aromatic rings. The summed E-state index contributed by atoms with van der Waals surface area (Å²) in [6.45, 7) is 1.50. The Morgan fingerprint density at radius 1 is 0.941 bits per heavy atom. The van der Waals surface area contributed by atoms with Crippen molar-refractivity contribution in [1.29, 1.82) is 0 Å². The van der Waals surface area contributed by atoms with Gasteiger partial charge in [0.1, 0.15) is 0 Å². The molecular formula is C15H17NO. The standard InChI is InChI=1S/C15H17NO/c1-2-6-15(7-3-1)13-17-11-5-9-14-8-4-10-16-12-14/h1-4,6-8,10,12H,5,9,11,13H2. The number of benzene rings is 1. The van der Waals surface area contributed by atoms with Crippen molar-refractivity contribution in [3.8, 4) is 0 Å². The first-order valence-corrected chi connectivity index (χ1v) is 5.96. The van der Waals surface area contributed by atoms with E-state index in [-0.39, 0.29) is 0 Å².